The molecule has 23 heavy (non-hydrogen) atoms. The van der Waals surface area contributed by atoms with Crippen molar-refractivity contribution in [1.82, 2.24) is 10.6 Å². The highest BCUT2D eigenvalue weighted by Crippen LogP contribution is 2.29. The van der Waals surface area contributed by atoms with Gasteiger partial charge in [-0.15, -0.1) is 24.0 Å². The van der Waals surface area contributed by atoms with E-state index in [1.807, 2.05) is 13.1 Å². The minimum absolute atomic E-state index is 0. The third kappa shape index (κ3) is 6.03. The number of nitrogens with zero attached hydrogens (tertiary/aromatic N) is 2. The molecule has 0 saturated carbocycles. The van der Waals surface area contributed by atoms with Crippen molar-refractivity contribution in [3.8, 4) is 0 Å². The van der Waals surface area contributed by atoms with Gasteiger partial charge in [0.15, 0.2) is 5.96 Å². The molecule has 1 saturated heterocycles. The molecule has 0 spiro atoms. The summed E-state index contributed by atoms with van der Waals surface area (Å²) in [7, 11) is 1.81. The number of aliphatic imine (C=N–C) groups is 1. The highest BCUT2D eigenvalue weighted by Gasteiger charge is 2.24. The second-order valence-corrected chi connectivity index (χ2v) is 6.72. The minimum atomic E-state index is 0. The van der Waals surface area contributed by atoms with Crippen molar-refractivity contribution >= 4 is 47.2 Å². The van der Waals surface area contributed by atoms with Crippen LogP contribution in [0.15, 0.2) is 23.2 Å². The Bertz CT molecular complexity index is 533. The first kappa shape index (κ1) is 20.4. The van der Waals surface area contributed by atoms with Crippen LogP contribution >= 0.6 is 35.6 Å². The smallest absolute Gasteiger partial charge is 0.191 e. The van der Waals surface area contributed by atoms with E-state index in [-0.39, 0.29) is 24.0 Å². The summed E-state index contributed by atoms with van der Waals surface area (Å²) in [6.07, 6.45) is 1.19. The topological polar surface area (TPSA) is 39.7 Å². The van der Waals surface area contributed by atoms with Gasteiger partial charge in [-0.3, -0.25) is 4.99 Å². The molecular weight excluding hydrogens is 423 g/mol. The van der Waals surface area contributed by atoms with Gasteiger partial charge in [0.1, 0.15) is 0 Å². The number of hydrogen-bond donors (Lipinski definition) is 2. The Hall–Kier alpha value is -0.690. The second kappa shape index (κ2) is 9.57. The van der Waals surface area contributed by atoms with Crippen molar-refractivity contribution < 1.29 is 0 Å². The van der Waals surface area contributed by atoms with Crippen LogP contribution in [0.25, 0.3) is 0 Å². The number of rotatable bonds is 4. The van der Waals surface area contributed by atoms with Gasteiger partial charge in [-0.25, -0.2) is 0 Å². The molecule has 1 heterocycles. The van der Waals surface area contributed by atoms with Gasteiger partial charge in [0.25, 0.3) is 0 Å². The first-order valence-corrected chi connectivity index (χ1v) is 8.35. The molecule has 0 aliphatic carbocycles. The quantitative estimate of drug-likeness (QED) is 0.418. The molecule has 1 unspecified atom stereocenters. The molecule has 1 aliphatic heterocycles. The van der Waals surface area contributed by atoms with E-state index in [1.165, 1.54) is 17.7 Å². The van der Waals surface area contributed by atoms with Gasteiger partial charge >= 0.3 is 0 Å². The maximum atomic E-state index is 6.14. The summed E-state index contributed by atoms with van der Waals surface area (Å²) in [4.78, 5) is 6.69. The fourth-order valence-corrected chi connectivity index (χ4v) is 3.02. The monoisotopic (exact) mass is 450 g/mol. The lowest BCUT2D eigenvalue weighted by atomic mass is 10.1. The van der Waals surface area contributed by atoms with Crippen molar-refractivity contribution in [1.29, 1.82) is 0 Å². The Morgan fingerprint density at radius 1 is 1.43 bits per heavy atom. The lowest BCUT2D eigenvalue weighted by Crippen LogP contribution is -2.43. The van der Waals surface area contributed by atoms with Gasteiger partial charge in [0, 0.05) is 43.4 Å². The predicted molar refractivity (Wildman–Crippen MR) is 112 cm³/mol. The highest BCUT2D eigenvalue weighted by molar-refractivity contribution is 14.0. The molecule has 2 N–H and O–H groups in total. The van der Waals surface area contributed by atoms with Crippen LogP contribution in [-0.4, -0.2) is 38.7 Å². The number of aryl methyl sites for hydroxylation is 1. The Morgan fingerprint density at radius 3 is 2.83 bits per heavy atom. The number of halogens is 2. The molecule has 130 valence electrons. The van der Waals surface area contributed by atoms with Gasteiger partial charge in [0.05, 0.1) is 0 Å². The molecule has 1 aromatic rings. The standard InChI is InChI=1S/C17H27ClN4.HI/c1-12(2)21-17(19-4)20-10-14-7-8-22(11-14)16-9-15(18)6-5-13(16)3;/h5-6,9,12,14H,7-8,10-11H2,1-4H3,(H2,19,20,21);1H. The van der Waals surface area contributed by atoms with Crippen LogP contribution in [0.2, 0.25) is 5.02 Å². The zero-order valence-corrected chi connectivity index (χ0v) is 17.5. The van der Waals surface area contributed by atoms with Crippen LogP contribution < -0.4 is 15.5 Å². The summed E-state index contributed by atoms with van der Waals surface area (Å²) in [6.45, 7) is 9.48. The van der Waals surface area contributed by atoms with E-state index in [9.17, 15) is 0 Å². The third-order valence-corrected chi connectivity index (χ3v) is 4.24. The summed E-state index contributed by atoms with van der Waals surface area (Å²) in [6, 6.07) is 6.51. The van der Waals surface area contributed by atoms with Crippen LogP contribution in [0.1, 0.15) is 25.8 Å². The SMILES string of the molecule is CN=C(NCC1CCN(c2cc(Cl)ccc2C)C1)NC(C)C.I. The minimum Gasteiger partial charge on any atom is -0.371 e. The number of guanidine groups is 1. The fraction of sp³-hybridized carbons (Fsp3) is 0.588. The van der Waals surface area contributed by atoms with Gasteiger partial charge in [-0.2, -0.15) is 0 Å². The Morgan fingerprint density at radius 2 is 2.17 bits per heavy atom. The summed E-state index contributed by atoms with van der Waals surface area (Å²) in [5.74, 6) is 1.51. The lowest BCUT2D eigenvalue weighted by Gasteiger charge is -2.22. The van der Waals surface area contributed by atoms with Crippen molar-refractivity contribution in [3.05, 3.63) is 28.8 Å². The predicted octanol–water partition coefficient (Wildman–Crippen LogP) is 3.67. The van der Waals surface area contributed by atoms with Crippen LogP contribution in [0.3, 0.4) is 0 Å². The van der Waals surface area contributed by atoms with Gasteiger partial charge in [-0.1, -0.05) is 17.7 Å². The second-order valence-electron chi connectivity index (χ2n) is 6.28. The summed E-state index contributed by atoms with van der Waals surface area (Å²) < 4.78 is 0. The molecular formula is C17H28ClIN4. The molecule has 0 aromatic heterocycles. The molecule has 1 aromatic carbocycles. The Balaban J connectivity index is 0.00000264. The summed E-state index contributed by atoms with van der Waals surface area (Å²) >= 11 is 6.14. The normalized spacial score (nSPS) is 18.1. The molecule has 2 rings (SSSR count). The number of hydrogen-bond acceptors (Lipinski definition) is 2. The van der Waals surface area contributed by atoms with E-state index in [2.05, 4.69) is 53.4 Å². The third-order valence-electron chi connectivity index (χ3n) is 4.00. The highest BCUT2D eigenvalue weighted by atomic mass is 127. The molecule has 0 radical (unpaired) electrons. The van der Waals surface area contributed by atoms with E-state index in [0.29, 0.717) is 12.0 Å². The molecule has 6 heteroatoms. The van der Waals surface area contributed by atoms with Crippen LogP contribution in [-0.2, 0) is 0 Å². The summed E-state index contributed by atoms with van der Waals surface area (Å²) in [5, 5.41) is 7.56. The van der Waals surface area contributed by atoms with Crippen molar-refractivity contribution in [2.24, 2.45) is 10.9 Å². The van der Waals surface area contributed by atoms with Crippen LogP contribution in [0, 0.1) is 12.8 Å². The first-order valence-electron chi connectivity index (χ1n) is 7.98. The zero-order valence-electron chi connectivity index (χ0n) is 14.4. The molecule has 0 amide bonds. The molecule has 0 bridgehead atoms. The molecule has 1 fully saturated rings. The van der Waals surface area contributed by atoms with Crippen molar-refractivity contribution in [2.45, 2.75) is 33.2 Å². The largest absolute Gasteiger partial charge is 0.371 e. The van der Waals surface area contributed by atoms with Crippen LogP contribution in [0.4, 0.5) is 5.69 Å². The van der Waals surface area contributed by atoms with E-state index in [0.717, 1.165) is 30.6 Å². The van der Waals surface area contributed by atoms with E-state index in [4.69, 9.17) is 11.6 Å². The van der Waals surface area contributed by atoms with E-state index in [1.54, 1.807) is 0 Å². The molecule has 1 atom stereocenters. The summed E-state index contributed by atoms with van der Waals surface area (Å²) in [5.41, 5.74) is 2.55. The van der Waals surface area contributed by atoms with Crippen molar-refractivity contribution in [3.63, 3.8) is 0 Å². The maximum absolute atomic E-state index is 6.14. The number of nitrogens with one attached hydrogen (secondary N) is 2. The van der Waals surface area contributed by atoms with Gasteiger partial charge in [0.2, 0.25) is 0 Å². The lowest BCUT2D eigenvalue weighted by molar-refractivity contribution is 0.561. The Labute approximate surface area is 162 Å². The van der Waals surface area contributed by atoms with E-state index < -0.39 is 0 Å². The average Bonchev–Trinajstić information content (AvgIpc) is 2.94. The molecule has 1 aliphatic rings. The maximum Gasteiger partial charge on any atom is 0.191 e. The first-order chi connectivity index (χ1) is 10.5. The Kier molecular flexibility index (Phi) is 8.47. The molecule has 4 nitrogen and oxygen atoms in total. The zero-order chi connectivity index (χ0) is 16.1. The van der Waals surface area contributed by atoms with Crippen LogP contribution in [0.5, 0.6) is 0 Å². The van der Waals surface area contributed by atoms with Crippen molar-refractivity contribution in [2.75, 3.05) is 31.6 Å². The number of anilines is 1. The number of benzene rings is 1. The van der Waals surface area contributed by atoms with Gasteiger partial charge in [-0.05, 0) is 50.8 Å². The average molecular weight is 451 g/mol. The fourth-order valence-electron chi connectivity index (χ4n) is 2.85. The van der Waals surface area contributed by atoms with E-state index >= 15 is 0 Å². The van der Waals surface area contributed by atoms with Gasteiger partial charge < -0.3 is 15.5 Å².